The number of hydrogen-bond donors (Lipinski definition) is 5. The molecule has 1 aliphatic heterocycles. The quantitative estimate of drug-likeness (QED) is 0.257. The van der Waals surface area contributed by atoms with E-state index in [1.807, 2.05) is 58.0 Å². The molecule has 1 aromatic carbocycles. The fourth-order valence-electron chi connectivity index (χ4n) is 5.18. The first-order valence-electron chi connectivity index (χ1n) is 16.4. The highest BCUT2D eigenvalue weighted by Gasteiger charge is 2.34. The van der Waals surface area contributed by atoms with Gasteiger partial charge in [0.05, 0.1) is 13.0 Å². The Kier molecular flexibility index (Phi) is 15.7. The Morgan fingerprint density at radius 1 is 0.804 bits per heavy atom. The molecule has 46 heavy (non-hydrogen) atoms. The summed E-state index contributed by atoms with van der Waals surface area (Å²) in [6.45, 7) is 12.3. The summed E-state index contributed by atoms with van der Waals surface area (Å²) < 4.78 is 5.93. The van der Waals surface area contributed by atoms with Gasteiger partial charge in [-0.1, -0.05) is 84.7 Å². The first-order chi connectivity index (χ1) is 21.7. The molecule has 2 rings (SSSR count). The minimum atomic E-state index is -1.11. The molecule has 5 amide bonds. The van der Waals surface area contributed by atoms with Gasteiger partial charge in [-0.15, -0.1) is 0 Å². The molecule has 0 spiro atoms. The zero-order valence-corrected chi connectivity index (χ0v) is 28.3. The van der Waals surface area contributed by atoms with Crippen molar-refractivity contribution in [1.82, 2.24) is 26.6 Å². The molecule has 1 heterocycles. The molecule has 5 N–H and O–H groups in total. The van der Waals surface area contributed by atoms with Gasteiger partial charge in [-0.05, 0) is 43.1 Å². The van der Waals surface area contributed by atoms with Crippen LogP contribution >= 0.6 is 0 Å². The van der Waals surface area contributed by atoms with Crippen LogP contribution in [0, 0.1) is 17.8 Å². The minimum absolute atomic E-state index is 0.0155. The van der Waals surface area contributed by atoms with E-state index in [1.165, 1.54) is 6.92 Å². The molecule has 256 valence electrons. The number of esters is 1. The lowest BCUT2D eigenvalue weighted by Gasteiger charge is -2.28. The molecule has 0 bridgehead atoms. The molecule has 0 aromatic heterocycles. The molecule has 0 unspecified atom stereocenters. The molecule has 1 fully saturated rings. The minimum Gasteiger partial charge on any atom is -0.460 e. The van der Waals surface area contributed by atoms with Crippen LogP contribution in [0.2, 0.25) is 0 Å². The van der Waals surface area contributed by atoms with Gasteiger partial charge in [0.2, 0.25) is 29.5 Å². The van der Waals surface area contributed by atoms with Gasteiger partial charge < -0.3 is 31.3 Å². The second kappa shape index (κ2) is 18.9. The van der Waals surface area contributed by atoms with Crippen molar-refractivity contribution < 1.29 is 33.5 Å². The fraction of sp³-hybridized carbons (Fsp3) is 0.647. The molecule has 1 aromatic rings. The third-order valence-electron chi connectivity index (χ3n) is 7.99. The van der Waals surface area contributed by atoms with E-state index in [9.17, 15) is 28.8 Å². The van der Waals surface area contributed by atoms with E-state index >= 15 is 0 Å². The Morgan fingerprint density at radius 3 is 2.07 bits per heavy atom. The van der Waals surface area contributed by atoms with E-state index in [-0.39, 0.29) is 43.6 Å². The maximum Gasteiger partial charge on any atom is 0.329 e. The highest BCUT2D eigenvalue weighted by molar-refractivity contribution is 5.95. The third kappa shape index (κ3) is 12.8. The number of unbranched alkanes of at least 4 members (excludes halogenated alkanes) is 1. The number of benzene rings is 1. The van der Waals surface area contributed by atoms with Crippen LogP contribution in [0.25, 0.3) is 0 Å². The molecular formula is C34H53N5O7. The van der Waals surface area contributed by atoms with E-state index in [2.05, 4.69) is 26.6 Å². The van der Waals surface area contributed by atoms with Crippen molar-refractivity contribution >= 4 is 35.5 Å². The number of carbonyl (C=O) groups is 6. The first kappa shape index (κ1) is 38.2. The molecule has 12 nitrogen and oxygen atoms in total. The Bertz CT molecular complexity index is 1190. The second-order valence-electron chi connectivity index (χ2n) is 13.0. The van der Waals surface area contributed by atoms with Crippen LogP contribution in [-0.2, 0) is 39.9 Å². The normalized spacial score (nSPS) is 25.2. The van der Waals surface area contributed by atoms with E-state index in [0.29, 0.717) is 6.42 Å². The van der Waals surface area contributed by atoms with Gasteiger partial charge in [-0.2, -0.15) is 0 Å². The monoisotopic (exact) mass is 643 g/mol. The Morgan fingerprint density at radius 2 is 1.46 bits per heavy atom. The summed E-state index contributed by atoms with van der Waals surface area (Å²) in [5.74, 6) is -4.03. The van der Waals surface area contributed by atoms with Gasteiger partial charge in [-0.25, -0.2) is 4.79 Å². The van der Waals surface area contributed by atoms with Gasteiger partial charge in [0, 0.05) is 6.42 Å². The first-order valence-corrected chi connectivity index (χ1v) is 16.4. The molecule has 1 saturated heterocycles. The largest absolute Gasteiger partial charge is 0.460 e. The number of rotatable bonds is 9. The van der Waals surface area contributed by atoms with Gasteiger partial charge in [-0.3, -0.25) is 24.0 Å². The average molecular weight is 644 g/mol. The number of amides is 5. The lowest BCUT2D eigenvalue weighted by molar-refractivity contribution is -0.157. The number of nitrogens with one attached hydrogen (secondary N) is 5. The predicted molar refractivity (Wildman–Crippen MR) is 174 cm³/mol. The van der Waals surface area contributed by atoms with E-state index in [4.69, 9.17) is 4.74 Å². The smallest absolute Gasteiger partial charge is 0.329 e. The van der Waals surface area contributed by atoms with Crippen LogP contribution in [0.15, 0.2) is 30.3 Å². The van der Waals surface area contributed by atoms with E-state index < -0.39 is 65.8 Å². The Hall–Kier alpha value is -3.96. The van der Waals surface area contributed by atoms with Crippen molar-refractivity contribution in [3.63, 3.8) is 0 Å². The number of cyclic esters (lactones) is 1. The standard InChI is InChI=1S/C34H53N5O7/c1-8-9-13-22(6)27-18-28(40)35-19-29(41)39-30(21(4)5)33(44)37-25(16-20(2)3)32(43)36-23(7)31(42)38-26(34(45)46-27)17-24-14-11-10-12-15-24/h10-12,14-15,20-23,25-27,30H,8-9,13,16-19H2,1-7H3,(H,35,40)(H,36,43)(H,37,44)(H,38,42)(H,39,41)/t22-,23-,25-,26-,27-,30-/m0/s1. The van der Waals surface area contributed by atoms with Gasteiger partial charge in [0.1, 0.15) is 30.3 Å². The summed E-state index contributed by atoms with van der Waals surface area (Å²) in [6.07, 6.45) is 1.87. The van der Waals surface area contributed by atoms with Gasteiger partial charge in [0.15, 0.2) is 0 Å². The SMILES string of the molecule is CCCC[C@H](C)[C@@H]1CC(=O)NCC(=O)N[C@@H](C(C)C)C(=O)N[C@@H](CC(C)C)C(=O)N[C@@H](C)C(=O)N[C@@H](Cc2ccccc2)C(=O)O1. The number of carbonyl (C=O) groups excluding carboxylic acids is 6. The summed E-state index contributed by atoms with van der Waals surface area (Å²) in [6, 6.07) is 4.99. The molecule has 0 radical (unpaired) electrons. The van der Waals surface area contributed by atoms with E-state index in [0.717, 1.165) is 18.4 Å². The summed E-state index contributed by atoms with van der Waals surface area (Å²) in [4.78, 5) is 79.6. The summed E-state index contributed by atoms with van der Waals surface area (Å²) in [7, 11) is 0. The Balaban J connectivity index is 2.47. The predicted octanol–water partition coefficient (Wildman–Crippen LogP) is 2.15. The lowest BCUT2D eigenvalue weighted by atomic mass is 9.95. The molecule has 6 atom stereocenters. The maximum absolute atomic E-state index is 13.7. The van der Waals surface area contributed by atoms with E-state index in [1.54, 1.807) is 13.8 Å². The van der Waals surface area contributed by atoms with Gasteiger partial charge in [0.25, 0.3) is 0 Å². The zero-order chi connectivity index (χ0) is 34.4. The van der Waals surface area contributed by atoms with Crippen LogP contribution in [-0.4, -0.2) is 72.3 Å². The van der Waals surface area contributed by atoms with Crippen molar-refractivity contribution in [2.24, 2.45) is 17.8 Å². The number of hydrogen-bond acceptors (Lipinski definition) is 7. The zero-order valence-electron chi connectivity index (χ0n) is 28.3. The average Bonchev–Trinajstić information content (AvgIpc) is 2.99. The third-order valence-corrected chi connectivity index (χ3v) is 7.99. The van der Waals surface area contributed by atoms with Crippen molar-refractivity contribution in [1.29, 1.82) is 0 Å². The summed E-state index contributed by atoms with van der Waals surface area (Å²) >= 11 is 0. The fourth-order valence-corrected chi connectivity index (χ4v) is 5.18. The number of ether oxygens (including phenoxy) is 1. The molecule has 12 heteroatoms. The van der Waals surface area contributed by atoms with Gasteiger partial charge >= 0.3 is 5.97 Å². The van der Waals surface area contributed by atoms with Crippen LogP contribution < -0.4 is 26.6 Å². The van der Waals surface area contributed by atoms with Crippen LogP contribution in [0.3, 0.4) is 0 Å². The van der Waals surface area contributed by atoms with Crippen molar-refractivity contribution in [2.75, 3.05) is 6.54 Å². The molecular weight excluding hydrogens is 590 g/mol. The lowest BCUT2D eigenvalue weighted by Crippen LogP contribution is -2.58. The van der Waals surface area contributed by atoms with Crippen LogP contribution in [0.4, 0.5) is 0 Å². The van der Waals surface area contributed by atoms with Crippen LogP contribution in [0.5, 0.6) is 0 Å². The topological polar surface area (TPSA) is 172 Å². The van der Waals surface area contributed by atoms with Crippen molar-refractivity contribution in [3.8, 4) is 0 Å². The highest BCUT2D eigenvalue weighted by Crippen LogP contribution is 2.20. The Labute approximate surface area is 272 Å². The molecule has 1 aliphatic rings. The second-order valence-corrected chi connectivity index (χ2v) is 13.0. The van der Waals surface area contributed by atoms with Crippen molar-refractivity contribution in [2.45, 2.75) is 117 Å². The maximum atomic E-state index is 13.7. The highest BCUT2D eigenvalue weighted by atomic mass is 16.5. The summed E-state index contributed by atoms with van der Waals surface area (Å²) in [5.41, 5.74) is 0.776. The molecule has 0 aliphatic carbocycles. The molecule has 0 saturated carbocycles. The van der Waals surface area contributed by atoms with Crippen molar-refractivity contribution in [3.05, 3.63) is 35.9 Å². The van der Waals surface area contributed by atoms with Crippen LogP contribution in [0.1, 0.15) is 86.1 Å². The summed E-state index contributed by atoms with van der Waals surface area (Å²) in [5, 5.41) is 13.4.